The maximum absolute atomic E-state index is 11.0. The van der Waals surface area contributed by atoms with Gasteiger partial charge in [-0.2, -0.15) is 5.12 Å². The SMILES string of the molecule is O=NN1NC(=O)CC1c1ccccc1. The van der Waals surface area contributed by atoms with Crippen LogP contribution in [0.3, 0.4) is 0 Å². The van der Waals surface area contributed by atoms with Crippen LogP contribution in [0.1, 0.15) is 18.0 Å². The van der Waals surface area contributed by atoms with Crippen LogP contribution in [-0.2, 0) is 4.79 Å². The van der Waals surface area contributed by atoms with E-state index in [1.165, 1.54) is 0 Å². The molecule has 1 heterocycles. The summed E-state index contributed by atoms with van der Waals surface area (Å²) in [6.07, 6.45) is 0.274. The second-order valence-corrected chi connectivity index (χ2v) is 3.09. The van der Waals surface area contributed by atoms with Crippen molar-refractivity contribution in [2.75, 3.05) is 0 Å². The lowest BCUT2D eigenvalue weighted by atomic mass is 10.1. The quantitative estimate of drug-likeness (QED) is 0.713. The normalized spacial score (nSPS) is 20.7. The van der Waals surface area contributed by atoms with Gasteiger partial charge < -0.3 is 0 Å². The highest BCUT2D eigenvalue weighted by Crippen LogP contribution is 2.26. The maximum Gasteiger partial charge on any atom is 0.242 e. The van der Waals surface area contributed by atoms with E-state index in [0.29, 0.717) is 0 Å². The monoisotopic (exact) mass is 191 g/mol. The summed E-state index contributed by atoms with van der Waals surface area (Å²) in [7, 11) is 0. The number of nitrogens with one attached hydrogen (secondary N) is 1. The Kier molecular flexibility index (Phi) is 2.14. The Morgan fingerprint density at radius 2 is 2.07 bits per heavy atom. The van der Waals surface area contributed by atoms with Crippen molar-refractivity contribution in [3.8, 4) is 0 Å². The average molecular weight is 191 g/mol. The summed E-state index contributed by atoms with van der Waals surface area (Å²) in [5.74, 6) is -0.182. The van der Waals surface area contributed by atoms with Crippen molar-refractivity contribution in [1.82, 2.24) is 10.5 Å². The van der Waals surface area contributed by atoms with Gasteiger partial charge in [0.25, 0.3) is 0 Å². The molecule has 0 aromatic heterocycles. The van der Waals surface area contributed by atoms with Gasteiger partial charge in [0, 0.05) is 0 Å². The Labute approximate surface area is 80.6 Å². The fourth-order valence-corrected chi connectivity index (χ4v) is 1.52. The number of carbonyl (C=O) groups excluding carboxylic acids is 1. The molecule has 72 valence electrons. The summed E-state index contributed by atoms with van der Waals surface area (Å²) in [6.45, 7) is 0. The largest absolute Gasteiger partial charge is 0.273 e. The zero-order valence-electron chi connectivity index (χ0n) is 7.38. The minimum Gasteiger partial charge on any atom is -0.273 e. The van der Waals surface area contributed by atoms with Gasteiger partial charge in [0.05, 0.1) is 11.7 Å². The van der Waals surface area contributed by atoms with Crippen molar-refractivity contribution in [2.45, 2.75) is 12.5 Å². The van der Waals surface area contributed by atoms with Crippen LogP contribution < -0.4 is 5.43 Å². The van der Waals surface area contributed by atoms with Gasteiger partial charge in [-0.15, -0.1) is 4.91 Å². The standard InChI is InChI=1S/C9H9N3O2/c13-9-6-8(12(10-9)11-14)7-4-2-1-3-5-7/h1-5,8H,6H2,(H,10,13). The van der Waals surface area contributed by atoms with E-state index >= 15 is 0 Å². The number of benzene rings is 1. The van der Waals surface area contributed by atoms with E-state index in [1.54, 1.807) is 0 Å². The number of hydrazine groups is 1. The summed E-state index contributed by atoms with van der Waals surface area (Å²) < 4.78 is 0. The number of hydrogen-bond acceptors (Lipinski definition) is 3. The first-order valence-corrected chi connectivity index (χ1v) is 4.28. The third-order valence-corrected chi connectivity index (χ3v) is 2.19. The minimum atomic E-state index is -0.277. The van der Waals surface area contributed by atoms with Gasteiger partial charge in [-0.25, -0.2) is 5.43 Å². The Balaban J connectivity index is 2.26. The van der Waals surface area contributed by atoms with Gasteiger partial charge in [0.1, 0.15) is 6.04 Å². The Bertz CT molecular complexity index is 352. The van der Waals surface area contributed by atoms with E-state index in [1.807, 2.05) is 30.3 Å². The van der Waals surface area contributed by atoms with Gasteiger partial charge in [0.2, 0.25) is 5.91 Å². The molecule has 1 fully saturated rings. The molecule has 1 unspecified atom stereocenters. The molecular weight excluding hydrogens is 182 g/mol. The number of rotatable bonds is 2. The van der Waals surface area contributed by atoms with Crippen LogP contribution in [0.25, 0.3) is 0 Å². The van der Waals surface area contributed by atoms with E-state index in [-0.39, 0.29) is 18.4 Å². The van der Waals surface area contributed by atoms with Crippen LogP contribution in [0.2, 0.25) is 0 Å². The molecule has 1 aromatic rings. The number of nitrogens with zero attached hydrogens (tertiary/aromatic N) is 2. The van der Waals surface area contributed by atoms with Crippen molar-refractivity contribution < 1.29 is 4.79 Å². The van der Waals surface area contributed by atoms with Crippen molar-refractivity contribution in [3.63, 3.8) is 0 Å². The second-order valence-electron chi connectivity index (χ2n) is 3.09. The minimum absolute atomic E-state index is 0.182. The maximum atomic E-state index is 11.0. The summed E-state index contributed by atoms with van der Waals surface area (Å²) >= 11 is 0. The highest BCUT2D eigenvalue weighted by atomic mass is 16.3. The van der Waals surface area contributed by atoms with E-state index in [2.05, 4.69) is 10.7 Å². The predicted octanol–water partition coefficient (Wildman–Crippen LogP) is 1.15. The van der Waals surface area contributed by atoms with E-state index < -0.39 is 0 Å². The molecule has 14 heavy (non-hydrogen) atoms. The zero-order chi connectivity index (χ0) is 9.97. The fraction of sp³-hybridized carbons (Fsp3) is 0.222. The molecule has 1 aliphatic heterocycles. The lowest BCUT2D eigenvalue weighted by molar-refractivity contribution is -0.121. The molecule has 5 nitrogen and oxygen atoms in total. The van der Waals surface area contributed by atoms with Crippen LogP contribution in [0.4, 0.5) is 0 Å². The van der Waals surface area contributed by atoms with Gasteiger partial charge >= 0.3 is 0 Å². The van der Waals surface area contributed by atoms with E-state index in [0.717, 1.165) is 10.7 Å². The molecule has 5 heteroatoms. The van der Waals surface area contributed by atoms with Crippen LogP contribution in [0.15, 0.2) is 35.6 Å². The first-order chi connectivity index (χ1) is 6.81. The molecule has 1 amide bonds. The number of nitroso groups, excluding NO2 is 1. The Morgan fingerprint density at radius 3 is 2.71 bits per heavy atom. The van der Waals surface area contributed by atoms with E-state index in [4.69, 9.17) is 0 Å². The predicted molar refractivity (Wildman–Crippen MR) is 49.6 cm³/mol. The van der Waals surface area contributed by atoms with Crippen molar-refractivity contribution >= 4 is 5.91 Å². The second kappa shape index (κ2) is 3.45. The summed E-state index contributed by atoms with van der Waals surface area (Å²) in [5, 5.41) is 3.80. The highest BCUT2D eigenvalue weighted by Gasteiger charge is 2.31. The van der Waals surface area contributed by atoms with Gasteiger partial charge in [0.15, 0.2) is 0 Å². The molecule has 0 spiro atoms. The van der Waals surface area contributed by atoms with Gasteiger partial charge in [-0.05, 0) is 5.56 Å². The first-order valence-electron chi connectivity index (χ1n) is 4.28. The molecule has 2 rings (SSSR count). The molecule has 0 aliphatic carbocycles. The van der Waals surface area contributed by atoms with Crippen molar-refractivity contribution in [3.05, 3.63) is 40.8 Å². The van der Waals surface area contributed by atoms with Crippen LogP contribution >= 0.6 is 0 Å². The summed E-state index contributed by atoms with van der Waals surface area (Å²) in [6, 6.07) is 9.06. The molecule has 1 aliphatic rings. The van der Waals surface area contributed by atoms with Crippen LogP contribution in [0.5, 0.6) is 0 Å². The molecule has 1 N–H and O–H groups in total. The van der Waals surface area contributed by atoms with Crippen LogP contribution in [0, 0.1) is 4.91 Å². The highest BCUT2D eigenvalue weighted by molar-refractivity contribution is 5.78. The molecule has 0 saturated carbocycles. The molecule has 1 saturated heterocycles. The fourth-order valence-electron chi connectivity index (χ4n) is 1.52. The molecule has 0 bridgehead atoms. The smallest absolute Gasteiger partial charge is 0.242 e. The third-order valence-electron chi connectivity index (χ3n) is 2.19. The Hall–Kier alpha value is -1.91. The zero-order valence-corrected chi connectivity index (χ0v) is 7.38. The Morgan fingerprint density at radius 1 is 1.36 bits per heavy atom. The molecular formula is C9H9N3O2. The van der Waals surface area contributed by atoms with Crippen molar-refractivity contribution in [1.29, 1.82) is 0 Å². The third kappa shape index (κ3) is 1.44. The molecule has 1 atom stereocenters. The topological polar surface area (TPSA) is 61.8 Å². The van der Waals surface area contributed by atoms with E-state index in [9.17, 15) is 9.70 Å². The van der Waals surface area contributed by atoms with Gasteiger partial charge in [-0.3, -0.25) is 4.79 Å². The number of amides is 1. The van der Waals surface area contributed by atoms with Crippen molar-refractivity contribution in [2.24, 2.45) is 5.29 Å². The summed E-state index contributed by atoms with van der Waals surface area (Å²) in [5.41, 5.74) is 3.28. The average Bonchev–Trinajstić information content (AvgIpc) is 2.61. The first kappa shape index (κ1) is 8.68. The lowest BCUT2D eigenvalue weighted by Crippen LogP contribution is -2.29. The van der Waals surface area contributed by atoms with Gasteiger partial charge in [-0.1, -0.05) is 30.3 Å². The summed E-state index contributed by atoms with van der Waals surface area (Å²) in [4.78, 5) is 21.4. The molecule has 1 aromatic carbocycles. The number of carbonyl (C=O) groups is 1. The number of hydrogen-bond donors (Lipinski definition) is 1. The molecule has 0 radical (unpaired) electrons. The van der Waals surface area contributed by atoms with Crippen LogP contribution in [-0.4, -0.2) is 11.0 Å². The lowest BCUT2D eigenvalue weighted by Gasteiger charge is -2.15.